The minimum atomic E-state index is -0.918. The van der Waals surface area contributed by atoms with Gasteiger partial charge in [-0.05, 0) is 78.1 Å². The zero-order valence-corrected chi connectivity index (χ0v) is 29.7. The van der Waals surface area contributed by atoms with Crippen molar-refractivity contribution in [3.8, 4) is 11.5 Å². The first-order chi connectivity index (χ1) is 23.2. The number of carbonyl (C=O) groups excluding carboxylic acids is 2. The Morgan fingerprint density at radius 2 is 1.90 bits per heavy atom. The zero-order valence-electron chi connectivity index (χ0n) is 29.7. The molecule has 1 aromatic carbocycles. The number of esters is 1. The van der Waals surface area contributed by atoms with Gasteiger partial charge >= 0.3 is 12.1 Å². The highest BCUT2D eigenvalue weighted by Gasteiger charge is 2.43. The van der Waals surface area contributed by atoms with Gasteiger partial charge in [-0.25, -0.2) is 14.6 Å². The molecule has 2 aliphatic heterocycles. The minimum absolute atomic E-state index is 0.113. The van der Waals surface area contributed by atoms with Crippen molar-refractivity contribution >= 4 is 24.0 Å². The Morgan fingerprint density at radius 3 is 2.59 bits per heavy atom. The van der Waals surface area contributed by atoms with Crippen LogP contribution in [0.3, 0.4) is 0 Å². The van der Waals surface area contributed by atoms with Crippen LogP contribution in [-0.4, -0.2) is 85.0 Å². The molecule has 0 bridgehead atoms. The molecule has 1 N–H and O–H groups in total. The predicted octanol–water partition coefficient (Wildman–Crippen LogP) is 6.31. The highest BCUT2D eigenvalue weighted by Crippen LogP contribution is 2.35. The number of ether oxygens (including phenoxy) is 7. The summed E-state index contributed by atoms with van der Waals surface area (Å²) in [5, 5.41) is 11.0. The van der Waals surface area contributed by atoms with Gasteiger partial charge in [-0.2, -0.15) is 0 Å². The number of amides is 1. The molecular weight excluding hydrogens is 632 g/mol. The van der Waals surface area contributed by atoms with Gasteiger partial charge in [-0.15, -0.1) is 0 Å². The van der Waals surface area contributed by atoms with Crippen molar-refractivity contribution in [2.45, 2.75) is 97.1 Å². The Balaban J connectivity index is 1.61. The number of fused-ring (bicyclic) bond motifs is 2. The van der Waals surface area contributed by atoms with E-state index in [0.29, 0.717) is 30.0 Å². The second-order valence-corrected chi connectivity index (χ2v) is 13.6. The van der Waals surface area contributed by atoms with Gasteiger partial charge in [0, 0.05) is 31.8 Å². The molecule has 49 heavy (non-hydrogen) atoms. The van der Waals surface area contributed by atoms with E-state index in [1.54, 1.807) is 55.6 Å². The van der Waals surface area contributed by atoms with E-state index in [4.69, 9.17) is 33.2 Å². The lowest BCUT2D eigenvalue weighted by atomic mass is 9.99. The van der Waals surface area contributed by atoms with E-state index in [-0.39, 0.29) is 37.2 Å². The number of rotatable bonds is 9. The SMILES string of the molecule is COCOc1cc(OCCCN(C(=O)OC(C)(C)C)c2ccccn2)cc2c1C(=O)O[C@@H](C)[C@H](C)/C=C\C(O)[C@H]1OC(C)(C)O[C@H]1CC=C2. The van der Waals surface area contributed by atoms with E-state index in [2.05, 4.69) is 4.98 Å². The predicted molar refractivity (Wildman–Crippen MR) is 184 cm³/mol. The van der Waals surface area contributed by atoms with Gasteiger partial charge in [0.2, 0.25) is 0 Å². The lowest BCUT2D eigenvalue weighted by Gasteiger charge is -2.26. The average molecular weight is 683 g/mol. The van der Waals surface area contributed by atoms with E-state index in [9.17, 15) is 14.7 Å². The van der Waals surface area contributed by atoms with Crippen molar-refractivity contribution in [3.05, 3.63) is 65.9 Å². The highest BCUT2D eigenvalue weighted by molar-refractivity contribution is 5.97. The molecule has 268 valence electrons. The second kappa shape index (κ2) is 16.6. The third-order valence-corrected chi connectivity index (χ3v) is 7.85. The molecule has 0 radical (unpaired) electrons. The summed E-state index contributed by atoms with van der Waals surface area (Å²) in [6, 6.07) is 8.68. The summed E-state index contributed by atoms with van der Waals surface area (Å²) >= 11 is 0. The summed E-state index contributed by atoms with van der Waals surface area (Å²) in [5.41, 5.74) is 0.0382. The Bertz CT molecular complexity index is 1470. The normalized spacial score (nSPS) is 24.5. The zero-order chi connectivity index (χ0) is 35.8. The molecule has 0 saturated carbocycles. The summed E-state index contributed by atoms with van der Waals surface area (Å²) < 4.78 is 40.9. The molecule has 12 heteroatoms. The van der Waals surface area contributed by atoms with Crippen molar-refractivity contribution in [2.75, 3.05) is 32.0 Å². The van der Waals surface area contributed by atoms with Crippen molar-refractivity contribution < 1.29 is 47.9 Å². The van der Waals surface area contributed by atoms with Crippen LogP contribution in [0.5, 0.6) is 11.5 Å². The quantitative estimate of drug-likeness (QED) is 0.138. The number of benzene rings is 1. The largest absolute Gasteiger partial charge is 0.493 e. The maximum absolute atomic E-state index is 13.7. The number of aromatic nitrogens is 1. The number of hydrogen-bond acceptors (Lipinski definition) is 11. The molecule has 5 atom stereocenters. The fraction of sp³-hybridized carbons (Fsp3) is 0.541. The molecule has 1 fully saturated rings. The molecular formula is C37H50N2O10. The van der Waals surface area contributed by atoms with Crippen molar-refractivity contribution in [1.82, 2.24) is 4.98 Å². The number of anilines is 1. The molecule has 3 heterocycles. The maximum atomic E-state index is 13.7. The number of aliphatic hydroxyl groups is 1. The summed E-state index contributed by atoms with van der Waals surface area (Å²) in [6.07, 6.45) is 6.59. The van der Waals surface area contributed by atoms with Gasteiger partial charge in [0.1, 0.15) is 46.8 Å². The number of carbonyl (C=O) groups is 2. The van der Waals surface area contributed by atoms with E-state index < -0.39 is 47.9 Å². The Morgan fingerprint density at radius 1 is 1.12 bits per heavy atom. The first-order valence-corrected chi connectivity index (χ1v) is 16.6. The third kappa shape index (κ3) is 10.8. The van der Waals surface area contributed by atoms with Crippen LogP contribution >= 0.6 is 0 Å². The van der Waals surface area contributed by atoms with E-state index in [0.717, 1.165) is 0 Å². The van der Waals surface area contributed by atoms with E-state index >= 15 is 0 Å². The van der Waals surface area contributed by atoms with Crippen LogP contribution in [0.2, 0.25) is 0 Å². The number of pyridine rings is 1. The number of cyclic esters (lactones) is 1. The average Bonchev–Trinajstić information content (AvgIpc) is 3.35. The smallest absolute Gasteiger partial charge is 0.416 e. The first-order valence-electron chi connectivity index (χ1n) is 16.6. The monoisotopic (exact) mass is 682 g/mol. The molecule has 4 rings (SSSR count). The Labute approximate surface area is 288 Å². The molecule has 1 amide bonds. The number of nitrogens with zero attached hydrogens (tertiary/aromatic N) is 2. The summed E-state index contributed by atoms with van der Waals surface area (Å²) in [4.78, 5) is 32.5. The van der Waals surface area contributed by atoms with Crippen molar-refractivity contribution in [2.24, 2.45) is 5.92 Å². The van der Waals surface area contributed by atoms with Gasteiger partial charge in [0.05, 0.1) is 12.7 Å². The minimum Gasteiger partial charge on any atom is -0.493 e. The van der Waals surface area contributed by atoms with Crippen LogP contribution in [-0.2, 0) is 23.7 Å². The lowest BCUT2D eigenvalue weighted by molar-refractivity contribution is -0.152. The topological polar surface area (TPSA) is 135 Å². The van der Waals surface area contributed by atoms with Gasteiger partial charge < -0.3 is 38.3 Å². The Kier molecular flexibility index (Phi) is 12.8. The molecule has 2 aliphatic rings. The fourth-order valence-electron chi connectivity index (χ4n) is 5.38. The molecule has 1 unspecified atom stereocenters. The fourth-order valence-corrected chi connectivity index (χ4v) is 5.38. The second-order valence-electron chi connectivity index (χ2n) is 13.6. The van der Waals surface area contributed by atoms with Crippen LogP contribution in [0, 0.1) is 5.92 Å². The lowest BCUT2D eigenvalue weighted by Crippen LogP contribution is -2.38. The summed E-state index contributed by atoms with van der Waals surface area (Å²) in [5.74, 6) is -0.540. The van der Waals surface area contributed by atoms with Gasteiger partial charge in [-0.3, -0.25) is 4.90 Å². The van der Waals surface area contributed by atoms with Crippen LogP contribution in [0.25, 0.3) is 6.08 Å². The third-order valence-electron chi connectivity index (χ3n) is 7.85. The van der Waals surface area contributed by atoms with Crippen LogP contribution < -0.4 is 14.4 Å². The summed E-state index contributed by atoms with van der Waals surface area (Å²) in [6.45, 7) is 13.1. The van der Waals surface area contributed by atoms with Crippen LogP contribution in [0.15, 0.2) is 54.8 Å². The van der Waals surface area contributed by atoms with Gasteiger partial charge in [0.25, 0.3) is 0 Å². The molecule has 1 saturated heterocycles. The van der Waals surface area contributed by atoms with Crippen LogP contribution in [0.4, 0.5) is 10.6 Å². The molecule has 2 aromatic rings. The number of hydrogen-bond donors (Lipinski definition) is 1. The van der Waals surface area contributed by atoms with Crippen molar-refractivity contribution in [1.29, 1.82) is 0 Å². The first kappa shape index (κ1) is 37.8. The van der Waals surface area contributed by atoms with Crippen LogP contribution in [0.1, 0.15) is 77.2 Å². The molecule has 0 aliphatic carbocycles. The van der Waals surface area contributed by atoms with E-state index in [1.165, 1.54) is 12.0 Å². The van der Waals surface area contributed by atoms with E-state index in [1.807, 2.05) is 53.7 Å². The molecule has 0 spiro atoms. The Hall–Kier alpha value is -3.97. The number of aliphatic hydroxyl groups excluding tert-OH is 1. The maximum Gasteiger partial charge on any atom is 0.416 e. The molecule has 12 nitrogen and oxygen atoms in total. The summed E-state index contributed by atoms with van der Waals surface area (Å²) in [7, 11) is 1.49. The van der Waals surface area contributed by atoms with Crippen molar-refractivity contribution in [3.63, 3.8) is 0 Å². The van der Waals surface area contributed by atoms with Gasteiger partial charge in [-0.1, -0.05) is 37.3 Å². The molecule has 1 aromatic heterocycles. The van der Waals surface area contributed by atoms with Gasteiger partial charge in [0.15, 0.2) is 12.6 Å². The number of methoxy groups -OCH3 is 1. The standard InChI is InChI=1S/C37H50N2O10/c1-24-16-17-28(40)33-29(47-37(6,7)48-33)14-11-13-26-21-27(22-30(45-23-43-8)32(26)34(41)46-25(24)2)44-20-12-19-39(31-15-9-10-18-38-31)35(42)49-36(3,4)5/h9-11,13,15-18,21-22,24-25,28-29,33,40H,12,14,19-20,23H2,1-8H3/b13-11?,17-16-/t24-,25+,28?,29+,33-/m1/s1. The highest BCUT2D eigenvalue weighted by atomic mass is 16.8.